The summed E-state index contributed by atoms with van der Waals surface area (Å²) in [6.07, 6.45) is 7.71. The number of aromatic carboxylic acids is 1. The molecule has 0 spiro atoms. The van der Waals surface area contributed by atoms with Gasteiger partial charge < -0.3 is 24.6 Å². The first kappa shape index (κ1) is 39.3. The third kappa shape index (κ3) is 10.9. The molecule has 8 rings (SSSR count). The molecular formula is C39H28Ir2N4O4S-2. The Morgan fingerprint density at radius 3 is 1.54 bits per heavy atom. The monoisotopic (exact) mass is 1030 g/mol. The van der Waals surface area contributed by atoms with Crippen LogP contribution in [0.1, 0.15) is 15.5 Å². The maximum atomic E-state index is 10.0. The Morgan fingerprint density at radius 1 is 0.660 bits per heavy atom. The molecule has 254 valence electrons. The Labute approximate surface area is 320 Å². The van der Waals surface area contributed by atoms with Crippen LogP contribution >= 0.6 is 11.3 Å². The van der Waals surface area contributed by atoms with Gasteiger partial charge in [-0.05, 0) is 45.1 Å². The number of aliphatic hydroxyl groups excluding tert-OH is 1. The molecule has 4 heterocycles. The van der Waals surface area contributed by atoms with Crippen molar-refractivity contribution in [2.24, 2.45) is 0 Å². The van der Waals surface area contributed by atoms with Gasteiger partial charge in [0.05, 0.1) is 0 Å². The van der Waals surface area contributed by atoms with Crippen molar-refractivity contribution in [1.82, 2.24) is 19.9 Å². The van der Waals surface area contributed by atoms with Gasteiger partial charge in [0.15, 0.2) is 6.39 Å². The molecule has 0 unspecified atom stereocenters. The fraction of sp³-hybridized carbons (Fsp3) is 0. The van der Waals surface area contributed by atoms with E-state index in [-0.39, 0.29) is 51.0 Å². The van der Waals surface area contributed by atoms with Crippen LogP contribution in [0, 0.1) is 12.1 Å². The van der Waals surface area contributed by atoms with E-state index in [1.807, 2.05) is 97.3 Å². The first-order chi connectivity index (χ1) is 23.5. The first-order valence-corrected chi connectivity index (χ1v) is 15.4. The van der Waals surface area contributed by atoms with Gasteiger partial charge >= 0.3 is 5.97 Å². The number of benzene rings is 4. The number of aromatic nitrogens is 4. The summed E-state index contributed by atoms with van der Waals surface area (Å²) in [5, 5.41) is 23.4. The normalized spacial score (nSPS) is 9.60. The van der Waals surface area contributed by atoms with Gasteiger partial charge in [-0.3, -0.25) is 0 Å². The third-order valence-corrected chi connectivity index (χ3v) is 7.38. The minimum Gasteiger partial charge on any atom is -0.506 e. The van der Waals surface area contributed by atoms with E-state index in [1.165, 1.54) is 40.4 Å². The summed E-state index contributed by atoms with van der Waals surface area (Å²) in [6, 6.07) is 42.9. The van der Waals surface area contributed by atoms with Crippen LogP contribution in [0.15, 0.2) is 157 Å². The molecule has 0 amide bonds. The van der Waals surface area contributed by atoms with E-state index >= 15 is 0 Å². The number of nitrogens with zero attached hydrogens (tertiary/aromatic N) is 4. The number of carboxylic acid groups (broad SMARTS) is 1. The van der Waals surface area contributed by atoms with Gasteiger partial charge in [0, 0.05) is 64.2 Å². The zero-order chi connectivity index (χ0) is 33.6. The second kappa shape index (κ2) is 20.4. The largest absolute Gasteiger partial charge is 0.506 e. The standard InChI is InChI=1S/2C15H10N.C5H5NO2.C4H3NO2S.2Ir/c2*1-2-7-13(8-3-1)15-14-9-5-4-6-12(14)10-11-16-15;1-4(7)5-2-8-3-6-5;6-4(7)3-5-1-2-8-3;;/h2*1-7,9-11H;2-3,7H,1H2;1-2H,(H,6,7);;/q2*-1;;;;. The number of aliphatic hydroxyl groups is 1. The topological polar surface area (TPSA) is 122 Å². The summed E-state index contributed by atoms with van der Waals surface area (Å²) in [6.45, 7) is 3.23. The van der Waals surface area contributed by atoms with Crippen LogP contribution in [-0.4, -0.2) is 36.1 Å². The Hall–Kier alpha value is -5.15. The number of oxazole rings is 1. The van der Waals surface area contributed by atoms with E-state index in [1.54, 1.807) is 5.38 Å². The fourth-order valence-corrected chi connectivity index (χ4v) is 4.91. The molecule has 0 atom stereocenters. The van der Waals surface area contributed by atoms with Crippen molar-refractivity contribution in [3.63, 3.8) is 0 Å². The molecule has 0 aliphatic rings. The molecule has 0 saturated heterocycles. The van der Waals surface area contributed by atoms with Gasteiger partial charge in [-0.1, -0.05) is 55.1 Å². The van der Waals surface area contributed by atoms with Crippen molar-refractivity contribution >= 4 is 44.6 Å². The molecule has 2 radical (unpaired) electrons. The number of carbonyl (C=O) groups is 1. The molecule has 50 heavy (non-hydrogen) atoms. The van der Waals surface area contributed by atoms with Gasteiger partial charge in [-0.25, -0.2) is 14.8 Å². The smallest absolute Gasteiger partial charge is 0.364 e. The van der Waals surface area contributed by atoms with Crippen LogP contribution in [0.4, 0.5) is 0 Å². The van der Waals surface area contributed by atoms with E-state index < -0.39 is 5.97 Å². The van der Waals surface area contributed by atoms with Crippen molar-refractivity contribution in [3.05, 3.63) is 175 Å². The van der Waals surface area contributed by atoms with Crippen LogP contribution in [0.5, 0.6) is 0 Å². The molecule has 8 nitrogen and oxygen atoms in total. The number of rotatable bonds is 4. The predicted octanol–water partition coefficient (Wildman–Crippen LogP) is 9.44. The van der Waals surface area contributed by atoms with Crippen molar-refractivity contribution < 1.29 is 59.6 Å². The van der Waals surface area contributed by atoms with Gasteiger partial charge in [0.25, 0.3) is 0 Å². The zero-order valence-corrected chi connectivity index (χ0v) is 31.7. The summed E-state index contributed by atoms with van der Waals surface area (Å²) < 4.78 is 4.54. The quantitative estimate of drug-likeness (QED) is 0.132. The zero-order valence-electron chi connectivity index (χ0n) is 26.1. The summed E-state index contributed by atoms with van der Waals surface area (Å²) in [5.41, 5.74) is 4.46. The van der Waals surface area contributed by atoms with Crippen molar-refractivity contribution in [1.29, 1.82) is 0 Å². The molecule has 0 saturated carbocycles. The van der Waals surface area contributed by atoms with Crippen molar-refractivity contribution in [2.45, 2.75) is 0 Å². The van der Waals surface area contributed by atoms with Crippen molar-refractivity contribution in [3.8, 4) is 22.5 Å². The minimum absolute atomic E-state index is 0. The van der Waals surface area contributed by atoms with Crippen LogP contribution in [0.25, 0.3) is 49.8 Å². The van der Waals surface area contributed by atoms with Crippen LogP contribution in [0.3, 0.4) is 0 Å². The Bertz CT molecular complexity index is 2030. The number of thiazole rings is 1. The summed E-state index contributed by atoms with van der Waals surface area (Å²) in [4.78, 5) is 26.0. The van der Waals surface area contributed by atoms with E-state index in [0.717, 1.165) is 33.9 Å². The van der Waals surface area contributed by atoms with E-state index in [4.69, 9.17) is 10.2 Å². The Kier molecular flexibility index (Phi) is 16.0. The second-order valence-corrected chi connectivity index (χ2v) is 10.7. The Morgan fingerprint density at radius 2 is 1.18 bits per heavy atom. The fourth-order valence-electron chi connectivity index (χ4n) is 4.43. The number of hydrogen-bond acceptors (Lipinski definition) is 8. The predicted molar refractivity (Wildman–Crippen MR) is 189 cm³/mol. The van der Waals surface area contributed by atoms with Crippen LogP contribution in [-0.2, 0) is 40.2 Å². The first-order valence-electron chi connectivity index (χ1n) is 14.5. The van der Waals surface area contributed by atoms with Crippen LogP contribution < -0.4 is 0 Å². The van der Waals surface area contributed by atoms with Crippen LogP contribution in [0.2, 0.25) is 0 Å². The number of carboxylic acids is 1. The molecule has 0 fully saturated rings. The average Bonchev–Trinajstić information content (AvgIpc) is 3.89. The van der Waals surface area contributed by atoms with Gasteiger partial charge in [0.2, 0.25) is 5.01 Å². The van der Waals surface area contributed by atoms with Gasteiger partial charge in [0.1, 0.15) is 17.7 Å². The molecule has 0 aliphatic heterocycles. The van der Waals surface area contributed by atoms with Crippen molar-refractivity contribution in [2.75, 3.05) is 0 Å². The molecule has 4 aromatic carbocycles. The average molecular weight is 1030 g/mol. The van der Waals surface area contributed by atoms with Gasteiger partial charge in [-0.15, -0.1) is 83.1 Å². The van der Waals surface area contributed by atoms with Gasteiger partial charge in [-0.2, -0.15) is 0 Å². The third-order valence-electron chi connectivity index (χ3n) is 6.62. The molecule has 11 heteroatoms. The molecule has 2 N–H and O–H groups in total. The van der Waals surface area contributed by atoms with E-state index in [0.29, 0.717) is 5.69 Å². The maximum Gasteiger partial charge on any atom is 0.364 e. The molecular weight excluding hydrogens is 1000 g/mol. The SMILES string of the molecule is C=C(O)c1cocn1.O=C(O)c1nccs1.[Ir].[Ir].[c-]1ccccc1-c1nccc2ccccc12.[c-]1ccccc1-c1nccc2ccccc12. The maximum absolute atomic E-state index is 10.0. The molecule has 0 aliphatic carbocycles. The Balaban J connectivity index is 0.000000187. The number of pyridine rings is 2. The summed E-state index contributed by atoms with van der Waals surface area (Å²) in [5.74, 6) is -1.03. The van der Waals surface area contributed by atoms with E-state index in [9.17, 15) is 4.79 Å². The molecule has 0 bridgehead atoms. The van der Waals surface area contributed by atoms with E-state index in [2.05, 4.69) is 67.3 Å². The number of fused-ring (bicyclic) bond motifs is 2. The molecule has 4 aromatic heterocycles. The number of hydrogen-bond donors (Lipinski definition) is 2. The minimum atomic E-state index is -0.958. The molecule has 8 aromatic rings. The summed E-state index contributed by atoms with van der Waals surface area (Å²) >= 11 is 1.12. The summed E-state index contributed by atoms with van der Waals surface area (Å²) in [7, 11) is 0. The second-order valence-electron chi connectivity index (χ2n) is 9.78.